The van der Waals surface area contributed by atoms with Crippen LogP contribution in [0.2, 0.25) is 0 Å². The van der Waals surface area contributed by atoms with Crippen LogP contribution in [0.25, 0.3) is 0 Å². The van der Waals surface area contributed by atoms with Crippen LogP contribution in [0, 0.1) is 0 Å². The first kappa shape index (κ1) is 11.4. The Morgan fingerprint density at radius 1 is 1.65 bits per heavy atom. The Bertz CT molecular complexity index is 471. The summed E-state index contributed by atoms with van der Waals surface area (Å²) < 4.78 is 9.83. The van der Waals surface area contributed by atoms with Crippen LogP contribution in [0.4, 0.5) is 11.4 Å². The Morgan fingerprint density at radius 3 is 3.24 bits per heavy atom. The number of amidine groups is 1. The molecule has 0 aromatic heterocycles. The summed E-state index contributed by atoms with van der Waals surface area (Å²) >= 11 is 0. The maximum atomic E-state index is 11.3. The molecule has 0 unspecified atom stereocenters. The van der Waals surface area contributed by atoms with Gasteiger partial charge in [-0.15, -0.1) is 0 Å². The van der Waals surface area contributed by atoms with Crippen LogP contribution in [0.15, 0.2) is 23.2 Å². The second-order valence-corrected chi connectivity index (χ2v) is 3.56. The van der Waals surface area contributed by atoms with Gasteiger partial charge >= 0.3 is 0 Å². The number of nitrogens with one attached hydrogen (secondary N) is 1. The van der Waals surface area contributed by atoms with Crippen molar-refractivity contribution < 1.29 is 14.3 Å². The largest absolute Gasteiger partial charge is 0.460 e. The molecule has 0 fully saturated rings. The van der Waals surface area contributed by atoms with Gasteiger partial charge in [-0.25, -0.2) is 0 Å². The van der Waals surface area contributed by atoms with Gasteiger partial charge in [-0.2, -0.15) is 4.99 Å². The summed E-state index contributed by atoms with van der Waals surface area (Å²) in [6.07, 6.45) is 0. The van der Waals surface area contributed by atoms with Crippen molar-refractivity contribution in [1.82, 2.24) is 0 Å². The zero-order valence-electron chi connectivity index (χ0n) is 9.40. The third-order valence-electron chi connectivity index (χ3n) is 2.24. The van der Waals surface area contributed by atoms with Crippen molar-refractivity contribution in [1.29, 1.82) is 0 Å². The quantitative estimate of drug-likeness (QED) is 0.809. The number of aliphatic imine (C=N–C) groups is 1. The van der Waals surface area contributed by atoms with Crippen LogP contribution >= 0.6 is 0 Å². The van der Waals surface area contributed by atoms with Gasteiger partial charge in [0, 0.05) is 18.4 Å². The molecule has 1 aliphatic rings. The van der Waals surface area contributed by atoms with E-state index in [1.165, 1.54) is 7.11 Å². The maximum Gasteiger partial charge on any atom is 0.287 e. The highest BCUT2D eigenvalue weighted by Gasteiger charge is 2.11. The zero-order valence-corrected chi connectivity index (χ0v) is 9.40. The smallest absolute Gasteiger partial charge is 0.287 e. The van der Waals surface area contributed by atoms with Crippen molar-refractivity contribution in [2.45, 2.75) is 6.61 Å². The third-order valence-corrected chi connectivity index (χ3v) is 2.24. The molecule has 6 nitrogen and oxygen atoms in total. The first-order chi connectivity index (χ1) is 8.19. The molecule has 3 N–H and O–H groups in total. The van der Waals surface area contributed by atoms with Crippen molar-refractivity contribution in [3.63, 3.8) is 0 Å². The van der Waals surface area contributed by atoms with Crippen molar-refractivity contribution in [3.8, 4) is 0 Å². The highest BCUT2D eigenvalue weighted by Crippen LogP contribution is 2.26. The lowest BCUT2D eigenvalue weighted by Crippen LogP contribution is -2.19. The molecule has 0 bridgehead atoms. The summed E-state index contributed by atoms with van der Waals surface area (Å²) in [4.78, 5) is 15.4. The number of carbonyl (C=O) groups is 1. The molecule has 0 atom stereocenters. The number of methoxy groups -OCH3 is 1. The van der Waals surface area contributed by atoms with Crippen LogP contribution in [0.5, 0.6) is 0 Å². The molecule has 1 aromatic rings. The molecule has 1 heterocycles. The molecule has 1 aliphatic heterocycles. The molecule has 1 amide bonds. The van der Waals surface area contributed by atoms with Gasteiger partial charge in [-0.05, 0) is 18.2 Å². The fourth-order valence-electron chi connectivity index (χ4n) is 1.52. The lowest BCUT2D eigenvalue weighted by atomic mass is 10.1. The fraction of sp³-hybridized carbons (Fsp3) is 0.273. The Kier molecular flexibility index (Phi) is 3.24. The number of rotatable bonds is 3. The average Bonchev–Trinajstić information content (AvgIpc) is 2.29. The Labute approximate surface area is 98.4 Å². The summed E-state index contributed by atoms with van der Waals surface area (Å²) in [6, 6.07) is 5.51. The van der Waals surface area contributed by atoms with E-state index in [2.05, 4.69) is 10.3 Å². The third kappa shape index (κ3) is 2.73. The summed E-state index contributed by atoms with van der Waals surface area (Å²) in [6.45, 7) is 0.386. The van der Waals surface area contributed by atoms with E-state index in [0.29, 0.717) is 12.3 Å². The lowest BCUT2D eigenvalue weighted by molar-refractivity contribution is -0.119. The number of ether oxygens (including phenoxy) is 2. The number of nitrogens with zero attached hydrogens (tertiary/aromatic N) is 1. The topological polar surface area (TPSA) is 85.9 Å². The van der Waals surface area contributed by atoms with E-state index in [0.717, 1.165) is 11.3 Å². The van der Waals surface area contributed by atoms with E-state index in [1.807, 2.05) is 0 Å². The van der Waals surface area contributed by atoms with E-state index in [4.69, 9.17) is 15.2 Å². The van der Waals surface area contributed by atoms with Gasteiger partial charge in [0.15, 0.2) is 0 Å². The van der Waals surface area contributed by atoms with Crippen LogP contribution < -0.4 is 11.1 Å². The fourth-order valence-corrected chi connectivity index (χ4v) is 1.52. The van der Waals surface area contributed by atoms with Crippen LogP contribution in [-0.2, 0) is 20.9 Å². The van der Waals surface area contributed by atoms with E-state index in [9.17, 15) is 4.79 Å². The molecule has 17 heavy (non-hydrogen) atoms. The van der Waals surface area contributed by atoms with Gasteiger partial charge in [0.1, 0.15) is 13.2 Å². The first-order valence-electron chi connectivity index (χ1n) is 5.07. The Balaban J connectivity index is 2.14. The van der Waals surface area contributed by atoms with E-state index in [-0.39, 0.29) is 18.5 Å². The van der Waals surface area contributed by atoms with Gasteiger partial charge in [0.2, 0.25) is 5.91 Å². The molecule has 0 radical (unpaired) electrons. The van der Waals surface area contributed by atoms with E-state index < -0.39 is 0 Å². The molecule has 0 saturated carbocycles. The number of fused-ring (bicyclic) bond motifs is 1. The average molecular weight is 235 g/mol. The standard InChI is InChI=1S/C11H13N3O3/c1-16-6-10(15)13-8-2-3-9-7(4-8)5-17-11(12)14-9/h2-4H,5-6H2,1H3,(H2,12,14)(H,13,15). The monoisotopic (exact) mass is 235 g/mol. The number of anilines is 1. The minimum absolute atomic E-state index is 0.0265. The Hall–Kier alpha value is -2.08. The molecular formula is C11H13N3O3. The summed E-state index contributed by atoms with van der Waals surface area (Å²) in [5, 5.41) is 2.70. The maximum absolute atomic E-state index is 11.3. The normalized spacial score (nSPS) is 13.4. The van der Waals surface area contributed by atoms with Gasteiger partial charge < -0.3 is 20.5 Å². The SMILES string of the molecule is COCC(=O)Nc1ccc2c(c1)COC(N)=N2. The first-order valence-corrected chi connectivity index (χ1v) is 5.07. The van der Waals surface area contributed by atoms with Crippen molar-refractivity contribution in [2.75, 3.05) is 19.0 Å². The van der Waals surface area contributed by atoms with Crippen molar-refractivity contribution in [3.05, 3.63) is 23.8 Å². The van der Waals surface area contributed by atoms with Gasteiger partial charge in [-0.1, -0.05) is 0 Å². The number of hydrogen-bond donors (Lipinski definition) is 2. The predicted molar refractivity (Wildman–Crippen MR) is 63.0 cm³/mol. The van der Waals surface area contributed by atoms with E-state index in [1.54, 1.807) is 18.2 Å². The molecule has 1 aromatic carbocycles. The molecule has 0 saturated heterocycles. The second-order valence-electron chi connectivity index (χ2n) is 3.56. The molecule has 0 spiro atoms. The van der Waals surface area contributed by atoms with E-state index >= 15 is 0 Å². The summed E-state index contributed by atoms with van der Waals surface area (Å²) in [5.41, 5.74) is 7.78. The highest BCUT2D eigenvalue weighted by atomic mass is 16.5. The number of carbonyl (C=O) groups excluding carboxylic acids is 1. The lowest BCUT2D eigenvalue weighted by Gasteiger charge is -2.15. The Morgan fingerprint density at radius 2 is 2.47 bits per heavy atom. The zero-order chi connectivity index (χ0) is 12.3. The number of benzene rings is 1. The van der Waals surface area contributed by atoms with Gasteiger partial charge in [0.05, 0.1) is 5.69 Å². The number of nitrogens with two attached hydrogens (primary N) is 1. The van der Waals surface area contributed by atoms with Gasteiger partial charge in [-0.3, -0.25) is 4.79 Å². The minimum atomic E-state index is -0.202. The molecular weight excluding hydrogens is 222 g/mol. The molecule has 2 rings (SSSR count). The minimum Gasteiger partial charge on any atom is -0.460 e. The summed E-state index contributed by atoms with van der Waals surface area (Å²) in [7, 11) is 1.47. The predicted octanol–water partition coefficient (Wildman–Crippen LogP) is 0.748. The number of hydrogen-bond acceptors (Lipinski definition) is 5. The molecule has 0 aliphatic carbocycles. The van der Waals surface area contributed by atoms with Crippen LogP contribution in [-0.4, -0.2) is 25.6 Å². The van der Waals surface area contributed by atoms with Gasteiger partial charge in [0.25, 0.3) is 6.02 Å². The van der Waals surface area contributed by atoms with Crippen LogP contribution in [0.3, 0.4) is 0 Å². The second kappa shape index (κ2) is 4.84. The van der Waals surface area contributed by atoms with Crippen molar-refractivity contribution in [2.24, 2.45) is 10.7 Å². The molecule has 90 valence electrons. The highest BCUT2D eigenvalue weighted by molar-refractivity contribution is 5.92. The number of amides is 1. The van der Waals surface area contributed by atoms with Crippen molar-refractivity contribution >= 4 is 23.3 Å². The molecule has 6 heteroatoms. The summed E-state index contributed by atoms with van der Waals surface area (Å²) in [5.74, 6) is -0.202. The van der Waals surface area contributed by atoms with Crippen LogP contribution in [0.1, 0.15) is 5.56 Å².